The second-order valence-electron chi connectivity index (χ2n) is 4.41. The minimum absolute atomic E-state index is 0.0856. The maximum Gasteiger partial charge on any atom is 0.238 e. The second kappa shape index (κ2) is 7.72. The van der Waals surface area contributed by atoms with Gasteiger partial charge in [0.2, 0.25) is 11.8 Å². The van der Waals surface area contributed by atoms with Crippen LogP contribution in [0, 0.1) is 0 Å². The number of carbonyl (C=O) groups excluding carboxylic acids is 2. The van der Waals surface area contributed by atoms with Crippen molar-refractivity contribution in [1.29, 1.82) is 0 Å². The summed E-state index contributed by atoms with van der Waals surface area (Å²) in [6.45, 7) is 2.65. The zero-order valence-electron chi connectivity index (χ0n) is 11.6. The van der Waals surface area contributed by atoms with Crippen LogP contribution in [-0.4, -0.2) is 43.4 Å². The van der Waals surface area contributed by atoms with E-state index in [0.29, 0.717) is 22.9 Å². The fraction of sp³-hybridized carbons (Fsp3) is 0.385. The van der Waals surface area contributed by atoms with Crippen LogP contribution in [0.3, 0.4) is 0 Å². The lowest BCUT2D eigenvalue weighted by molar-refractivity contribution is -0.122. The Labute approximate surface area is 123 Å². The van der Waals surface area contributed by atoms with E-state index < -0.39 is 0 Å². The number of anilines is 2. The van der Waals surface area contributed by atoms with E-state index in [9.17, 15) is 9.59 Å². The van der Waals surface area contributed by atoms with Gasteiger partial charge in [-0.3, -0.25) is 14.5 Å². The molecular weight excluding hydrogens is 280 g/mol. The molecule has 6 nitrogen and oxygen atoms in total. The topological polar surface area (TPSA) is 87.5 Å². The molecule has 1 rings (SSSR count). The van der Waals surface area contributed by atoms with Crippen LogP contribution in [0.2, 0.25) is 5.02 Å². The van der Waals surface area contributed by atoms with Gasteiger partial charge >= 0.3 is 0 Å². The van der Waals surface area contributed by atoms with E-state index >= 15 is 0 Å². The predicted octanol–water partition coefficient (Wildman–Crippen LogP) is 0.929. The molecule has 0 unspecified atom stereocenters. The number of halogens is 1. The quantitative estimate of drug-likeness (QED) is 0.682. The highest BCUT2D eigenvalue weighted by Gasteiger charge is 2.11. The third kappa shape index (κ3) is 5.46. The predicted molar refractivity (Wildman–Crippen MR) is 80.7 cm³/mol. The number of nitrogens with two attached hydrogens (primary N) is 1. The minimum atomic E-state index is -0.260. The Morgan fingerprint density at radius 2 is 1.95 bits per heavy atom. The first-order valence-corrected chi connectivity index (χ1v) is 6.60. The number of nitrogens with zero attached hydrogens (tertiary/aromatic N) is 1. The number of rotatable bonds is 6. The van der Waals surface area contributed by atoms with Crippen molar-refractivity contribution in [3.8, 4) is 0 Å². The van der Waals surface area contributed by atoms with E-state index in [2.05, 4.69) is 10.6 Å². The van der Waals surface area contributed by atoms with Gasteiger partial charge in [0, 0.05) is 12.2 Å². The summed E-state index contributed by atoms with van der Waals surface area (Å²) in [4.78, 5) is 24.8. The zero-order valence-corrected chi connectivity index (χ0v) is 12.3. The smallest absolute Gasteiger partial charge is 0.238 e. The molecule has 0 aliphatic rings. The number of amides is 2. The standard InChI is InChI=1S/C13H19ClN4O2/c1-3-16-12(19)7-18(2)8-13(20)17-11-6-9(15)4-5-10(11)14/h4-6H,3,7-8,15H2,1-2H3,(H,16,19)(H,17,20). The maximum absolute atomic E-state index is 11.8. The molecular formula is C13H19ClN4O2. The Morgan fingerprint density at radius 3 is 2.60 bits per heavy atom. The Balaban J connectivity index is 2.51. The second-order valence-corrected chi connectivity index (χ2v) is 4.82. The lowest BCUT2D eigenvalue weighted by Crippen LogP contribution is -2.38. The van der Waals surface area contributed by atoms with Gasteiger partial charge < -0.3 is 16.4 Å². The summed E-state index contributed by atoms with van der Waals surface area (Å²) >= 11 is 5.95. The van der Waals surface area contributed by atoms with E-state index in [1.54, 1.807) is 30.1 Å². The lowest BCUT2D eigenvalue weighted by atomic mass is 10.3. The van der Waals surface area contributed by atoms with Crippen LogP contribution in [0.15, 0.2) is 18.2 Å². The number of nitrogens with one attached hydrogen (secondary N) is 2. The molecule has 0 heterocycles. The van der Waals surface area contributed by atoms with Crippen molar-refractivity contribution in [3.63, 3.8) is 0 Å². The number of likely N-dealkylation sites (N-methyl/N-ethyl adjacent to an activating group) is 2. The van der Waals surface area contributed by atoms with Crippen LogP contribution in [0.4, 0.5) is 11.4 Å². The molecule has 0 aliphatic heterocycles. The summed E-state index contributed by atoms with van der Waals surface area (Å²) in [5.41, 5.74) is 6.61. The van der Waals surface area contributed by atoms with Crippen LogP contribution < -0.4 is 16.4 Å². The molecule has 1 aromatic rings. The molecule has 0 atom stereocenters. The van der Waals surface area contributed by atoms with Gasteiger partial charge in [-0.2, -0.15) is 0 Å². The van der Waals surface area contributed by atoms with Crippen molar-refractivity contribution in [2.75, 3.05) is 37.7 Å². The van der Waals surface area contributed by atoms with Gasteiger partial charge in [-0.1, -0.05) is 11.6 Å². The first kappa shape index (κ1) is 16.3. The largest absolute Gasteiger partial charge is 0.399 e. The average Bonchev–Trinajstić information content (AvgIpc) is 2.33. The molecule has 0 radical (unpaired) electrons. The highest BCUT2D eigenvalue weighted by Crippen LogP contribution is 2.23. The molecule has 110 valence electrons. The van der Waals surface area contributed by atoms with E-state index in [1.165, 1.54) is 0 Å². The average molecular weight is 299 g/mol. The van der Waals surface area contributed by atoms with Crippen LogP contribution in [-0.2, 0) is 9.59 Å². The van der Waals surface area contributed by atoms with E-state index in [-0.39, 0.29) is 24.9 Å². The number of hydrogen-bond acceptors (Lipinski definition) is 4. The molecule has 0 aromatic heterocycles. The summed E-state index contributed by atoms with van der Waals surface area (Å²) in [5.74, 6) is -0.380. The van der Waals surface area contributed by atoms with Gasteiger partial charge in [-0.15, -0.1) is 0 Å². The highest BCUT2D eigenvalue weighted by molar-refractivity contribution is 6.33. The SMILES string of the molecule is CCNC(=O)CN(C)CC(=O)Nc1cc(N)ccc1Cl. The number of benzene rings is 1. The summed E-state index contributed by atoms with van der Waals surface area (Å²) in [6, 6.07) is 4.86. The Hall–Kier alpha value is -1.79. The molecule has 20 heavy (non-hydrogen) atoms. The van der Waals surface area contributed by atoms with Crippen LogP contribution >= 0.6 is 11.6 Å². The molecule has 0 aliphatic carbocycles. The molecule has 7 heteroatoms. The fourth-order valence-corrected chi connectivity index (χ4v) is 1.79. The van der Waals surface area contributed by atoms with Crippen LogP contribution in [0.5, 0.6) is 0 Å². The molecule has 0 fully saturated rings. The Bertz CT molecular complexity index is 493. The fourth-order valence-electron chi connectivity index (χ4n) is 1.63. The molecule has 0 spiro atoms. The molecule has 0 saturated carbocycles. The van der Waals surface area contributed by atoms with Crippen molar-refractivity contribution in [1.82, 2.24) is 10.2 Å². The van der Waals surface area contributed by atoms with Gasteiger partial charge in [-0.05, 0) is 32.2 Å². The molecule has 2 amide bonds. The monoisotopic (exact) mass is 298 g/mol. The molecule has 0 bridgehead atoms. The Kier molecular flexibility index (Phi) is 6.27. The van der Waals surface area contributed by atoms with Crippen molar-refractivity contribution in [2.24, 2.45) is 0 Å². The third-order valence-corrected chi connectivity index (χ3v) is 2.80. The summed E-state index contributed by atoms with van der Waals surface area (Å²) in [7, 11) is 1.69. The molecule has 0 saturated heterocycles. The van der Waals surface area contributed by atoms with Crippen LogP contribution in [0.1, 0.15) is 6.92 Å². The summed E-state index contributed by atoms with van der Waals surface area (Å²) < 4.78 is 0. The van der Waals surface area contributed by atoms with Crippen molar-refractivity contribution in [3.05, 3.63) is 23.2 Å². The third-order valence-electron chi connectivity index (χ3n) is 2.47. The zero-order chi connectivity index (χ0) is 15.1. The Morgan fingerprint density at radius 1 is 1.30 bits per heavy atom. The summed E-state index contributed by atoms with van der Waals surface area (Å²) in [6.07, 6.45) is 0. The maximum atomic E-state index is 11.8. The van der Waals surface area contributed by atoms with Crippen molar-refractivity contribution in [2.45, 2.75) is 6.92 Å². The van der Waals surface area contributed by atoms with Crippen LogP contribution in [0.25, 0.3) is 0 Å². The van der Waals surface area contributed by atoms with Gasteiger partial charge in [0.1, 0.15) is 0 Å². The first-order valence-electron chi connectivity index (χ1n) is 6.22. The number of hydrogen-bond donors (Lipinski definition) is 3. The number of carbonyl (C=O) groups is 2. The van der Waals surface area contributed by atoms with E-state index in [0.717, 1.165) is 0 Å². The van der Waals surface area contributed by atoms with Gasteiger partial charge in [-0.25, -0.2) is 0 Å². The van der Waals surface area contributed by atoms with E-state index in [4.69, 9.17) is 17.3 Å². The summed E-state index contributed by atoms with van der Waals surface area (Å²) in [5, 5.41) is 5.74. The first-order chi connectivity index (χ1) is 9.42. The van der Waals surface area contributed by atoms with Gasteiger partial charge in [0.15, 0.2) is 0 Å². The molecule has 4 N–H and O–H groups in total. The number of nitrogen functional groups attached to an aromatic ring is 1. The highest BCUT2D eigenvalue weighted by atomic mass is 35.5. The van der Waals surface area contributed by atoms with Crippen molar-refractivity contribution >= 4 is 34.8 Å². The molecule has 1 aromatic carbocycles. The van der Waals surface area contributed by atoms with Crippen molar-refractivity contribution < 1.29 is 9.59 Å². The normalized spacial score (nSPS) is 10.4. The van der Waals surface area contributed by atoms with Gasteiger partial charge in [0.05, 0.1) is 23.8 Å². The lowest BCUT2D eigenvalue weighted by Gasteiger charge is -2.16. The minimum Gasteiger partial charge on any atom is -0.399 e. The van der Waals surface area contributed by atoms with Gasteiger partial charge in [0.25, 0.3) is 0 Å². The van der Waals surface area contributed by atoms with E-state index in [1.807, 2.05) is 6.92 Å².